The fourth-order valence-electron chi connectivity index (χ4n) is 6.46. The maximum absolute atomic E-state index is 13.5. The predicted octanol–water partition coefficient (Wildman–Crippen LogP) is 2.47. The molecule has 3 aromatic rings. The number of fused-ring (bicyclic) bond motifs is 2. The molecule has 2 saturated carbocycles. The first kappa shape index (κ1) is 26.6. The third-order valence-electron chi connectivity index (χ3n) is 7.96. The van der Waals surface area contributed by atoms with E-state index in [0.29, 0.717) is 27.6 Å². The summed E-state index contributed by atoms with van der Waals surface area (Å²) in [6, 6.07) is 18.6. The summed E-state index contributed by atoms with van der Waals surface area (Å²) in [6.07, 6.45) is 5.35. The number of halogens is 1. The minimum Gasteiger partial charge on any atom is -1.00 e. The largest absolute Gasteiger partial charge is 1.00 e. The van der Waals surface area contributed by atoms with Crippen molar-refractivity contribution in [1.82, 2.24) is 0 Å². The Morgan fingerprint density at radius 1 is 1.03 bits per heavy atom. The monoisotopic (exact) mass is 575 g/mol. The Kier molecular flexibility index (Phi) is 8.23. The maximum Gasteiger partial charge on any atom is 0.349 e. The van der Waals surface area contributed by atoms with E-state index in [1.807, 2.05) is 35.0 Å². The molecule has 4 nitrogen and oxygen atoms in total. The molecular formula is C28H34BrNO3S2. The van der Waals surface area contributed by atoms with Gasteiger partial charge in [0.05, 0.1) is 36.4 Å². The minimum atomic E-state index is -1.72. The van der Waals surface area contributed by atoms with Crippen LogP contribution in [-0.4, -0.2) is 48.3 Å². The lowest BCUT2D eigenvalue weighted by Crippen LogP contribution is -3.00. The van der Waals surface area contributed by atoms with E-state index in [0.717, 1.165) is 36.7 Å². The molecule has 2 unspecified atom stereocenters. The van der Waals surface area contributed by atoms with Gasteiger partial charge in [-0.2, -0.15) is 0 Å². The normalized spacial score (nSPS) is 23.7. The van der Waals surface area contributed by atoms with Gasteiger partial charge in [0.2, 0.25) is 5.60 Å². The third-order valence-corrected chi connectivity index (χ3v) is 9.92. The van der Waals surface area contributed by atoms with E-state index in [4.69, 9.17) is 4.74 Å². The molecule has 5 rings (SSSR count). The number of rotatable bonds is 9. The molecular weight excluding hydrogens is 542 g/mol. The topological polar surface area (TPSA) is 46.5 Å². The Morgan fingerprint density at radius 2 is 1.69 bits per heavy atom. The predicted molar refractivity (Wildman–Crippen MR) is 138 cm³/mol. The minimum absolute atomic E-state index is 0. The molecule has 0 aliphatic heterocycles. The van der Waals surface area contributed by atoms with Gasteiger partial charge in [0, 0.05) is 18.3 Å². The quantitative estimate of drug-likeness (QED) is 0.315. The van der Waals surface area contributed by atoms with Crippen LogP contribution >= 0.6 is 22.7 Å². The Balaban J connectivity index is 0.00000289. The van der Waals surface area contributed by atoms with Crippen molar-refractivity contribution >= 4 is 28.6 Å². The number of benzene rings is 1. The standard InChI is InChI=1S/C28H34NO3S2.BrH/c1-29(2,16-6-11-20-9-4-3-5-10-20)26-21-14-15-22(26)23(19-21)32-27(30)28(31,24-12-7-17-33-24)25-13-8-18-34-25;/h3-5,7-10,12-13,17-18,21-23,26,31H,6,11,14-16,19H2,1-2H3;1H/q+1;/p-1/t21?,22-,23-,26?;/m1./s1. The lowest BCUT2D eigenvalue weighted by Gasteiger charge is -2.39. The molecule has 0 spiro atoms. The Labute approximate surface area is 226 Å². The van der Waals surface area contributed by atoms with Gasteiger partial charge in [-0.1, -0.05) is 42.5 Å². The smallest absolute Gasteiger partial charge is 0.349 e. The maximum atomic E-state index is 13.5. The van der Waals surface area contributed by atoms with Gasteiger partial charge in [-0.05, 0) is 54.1 Å². The summed E-state index contributed by atoms with van der Waals surface area (Å²) in [5.74, 6) is 0.408. The highest BCUT2D eigenvalue weighted by atomic mass is 79.9. The summed E-state index contributed by atoms with van der Waals surface area (Å²) < 4.78 is 7.14. The SMILES string of the molecule is C[N+](C)(CCCc1ccccc1)C1C2CC[C@@H]1[C@H](OC(=O)C(O)(c1cccs1)c1cccs1)C2.[Br-]. The van der Waals surface area contributed by atoms with Gasteiger partial charge in [0.15, 0.2) is 0 Å². The molecule has 7 heteroatoms. The van der Waals surface area contributed by atoms with Crippen molar-refractivity contribution in [2.24, 2.45) is 11.8 Å². The number of thiophene rings is 2. The van der Waals surface area contributed by atoms with Crippen LogP contribution in [0.2, 0.25) is 0 Å². The van der Waals surface area contributed by atoms with Crippen LogP contribution in [0, 0.1) is 11.8 Å². The number of hydrogen-bond donors (Lipinski definition) is 1. The fourth-order valence-corrected chi connectivity index (χ4v) is 8.17. The van der Waals surface area contributed by atoms with Gasteiger partial charge in [-0.3, -0.25) is 0 Å². The fraction of sp³-hybridized carbons (Fsp3) is 0.464. The van der Waals surface area contributed by atoms with E-state index in [1.165, 1.54) is 34.7 Å². The van der Waals surface area contributed by atoms with Crippen LogP contribution in [0.1, 0.15) is 41.0 Å². The first-order valence-corrected chi connectivity index (χ1v) is 14.0. The number of nitrogens with zero attached hydrogens (tertiary/aromatic N) is 1. The van der Waals surface area contributed by atoms with Crippen molar-refractivity contribution in [2.45, 2.75) is 49.9 Å². The van der Waals surface area contributed by atoms with Crippen LogP contribution in [0.25, 0.3) is 0 Å². The lowest BCUT2D eigenvalue weighted by molar-refractivity contribution is -0.919. The number of ether oxygens (including phenoxy) is 1. The highest BCUT2D eigenvalue weighted by molar-refractivity contribution is 7.12. The molecule has 2 aliphatic rings. The second-order valence-electron chi connectivity index (χ2n) is 10.4. The highest BCUT2D eigenvalue weighted by Crippen LogP contribution is 2.51. The molecule has 1 N–H and O–H groups in total. The summed E-state index contributed by atoms with van der Waals surface area (Å²) in [5, 5.41) is 15.4. The average molecular weight is 577 g/mol. The summed E-state index contributed by atoms with van der Waals surface area (Å²) in [4.78, 5) is 14.8. The van der Waals surface area contributed by atoms with E-state index in [9.17, 15) is 9.90 Å². The van der Waals surface area contributed by atoms with E-state index >= 15 is 0 Å². The van der Waals surface area contributed by atoms with Crippen LogP contribution < -0.4 is 17.0 Å². The zero-order chi connectivity index (χ0) is 23.8. The van der Waals surface area contributed by atoms with Gasteiger partial charge in [0.25, 0.3) is 0 Å². The van der Waals surface area contributed by atoms with Gasteiger partial charge in [-0.25, -0.2) is 4.79 Å². The van der Waals surface area contributed by atoms with Crippen molar-refractivity contribution in [3.8, 4) is 0 Å². The van der Waals surface area contributed by atoms with Crippen molar-refractivity contribution in [3.63, 3.8) is 0 Å². The summed E-state index contributed by atoms with van der Waals surface area (Å²) in [7, 11) is 4.69. The molecule has 2 bridgehead atoms. The molecule has 0 saturated heterocycles. The molecule has 2 heterocycles. The van der Waals surface area contributed by atoms with Crippen molar-refractivity contribution in [2.75, 3.05) is 20.6 Å². The molecule has 4 atom stereocenters. The zero-order valence-electron chi connectivity index (χ0n) is 20.3. The first-order valence-electron chi connectivity index (χ1n) is 12.3. The number of esters is 1. The Bertz CT molecular complexity index is 1050. The average Bonchev–Trinajstić information content (AvgIpc) is 3.64. The summed E-state index contributed by atoms with van der Waals surface area (Å²) in [5.41, 5.74) is -0.329. The molecule has 188 valence electrons. The van der Waals surface area contributed by atoms with Gasteiger partial charge < -0.3 is 31.3 Å². The molecule has 2 fully saturated rings. The van der Waals surface area contributed by atoms with Crippen LogP contribution in [0.5, 0.6) is 0 Å². The lowest BCUT2D eigenvalue weighted by atomic mass is 9.96. The van der Waals surface area contributed by atoms with Gasteiger partial charge in [0.1, 0.15) is 6.10 Å². The van der Waals surface area contributed by atoms with Crippen LogP contribution in [0.3, 0.4) is 0 Å². The Hall–Kier alpha value is -1.51. The van der Waals surface area contributed by atoms with Crippen molar-refractivity contribution < 1.29 is 36.1 Å². The number of aryl methyl sites for hydroxylation is 1. The molecule has 2 aromatic heterocycles. The Morgan fingerprint density at radius 3 is 2.29 bits per heavy atom. The van der Waals surface area contributed by atoms with E-state index in [-0.39, 0.29) is 23.1 Å². The second-order valence-corrected chi connectivity index (χ2v) is 12.3. The zero-order valence-corrected chi connectivity index (χ0v) is 23.5. The summed E-state index contributed by atoms with van der Waals surface area (Å²) in [6.45, 7) is 1.11. The molecule has 0 amide bonds. The van der Waals surface area contributed by atoms with E-state index in [2.05, 4.69) is 44.4 Å². The number of carbonyl (C=O) groups excluding carboxylic acids is 1. The van der Waals surface area contributed by atoms with Crippen LogP contribution in [-0.2, 0) is 21.6 Å². The molecule has 2 aliphatic carbocycles. The second kappa shape index (κ2) is 10.9. The molecule has 1 aromatic carbocycles. The number of carbonyl (C=O) groups is 1. The summed E-state index contributed by atoms with van der Waals surface area (Å²) >= 11 is 2.79. The van der Waals surface area contributed by atoms with Crippen LogP contribution in [0.4, 0.5) is 0 Å². The molecule has 35 heavy (non-hydrogen) atoms. The van der Waals surface area contributed by atoms with Gasteiger partial charge >= 0.3 is 5.97 Å². The van der Waals surface area contributed by atoms with E-state index < -0.39 is 11.6 Å². The number of aliphatic hydroxyl groups is 1. The highest BCUT2D eigenvalue weighted by Gasteiger charge is 2.58. The van der Waals surface area contributed by atoms with Crippen molar-refractivity contribution in [3.05, 3.63) is 80.7 Å². The molecule has 0 radical (unpaired) electrons. The number of quaternary nitrogens is 1. The van der Waals surface area contributed by atoms with Crippen LogP contribution in [0.15, 0.2) is 65.4 Å². The third kappa shape index (κ3) is 5.16. The van der Waals surface area contributed by atoms with Gasteiger partial charge in [-0.15, -0.1) is 22.7 Å². The van der Waals surface area contributed by atoms with E-state index in [1.54, 1.807) is 0 Å². The number of hydrogen-bond acceptors (Lipinski definition) is 5. The van der Waals surface area contributed by atoms with Crippen molar-refractivity contribution in [1.29, 1.82) is 0 Å². The first-order chi connectivity index (χ1) is 16.4.